The molecule has 0 unspecified atom stereocenters. The molecule has 0 radical (unpaired) electrons. The van der Waals surface area contributed by atoms with E-state index >= 15 is 0 Å². The molecule has 1 aromatic rings. The second-order valence-electron chi connectivity index (χ2n) is 6.51. The molecule has 0 bridgehead atoms. The molecule has 0 aliphatic carbocycles. The van der Waals surface area contributed by atoms with E-state index in [2.05, 4.69) is 10.0 Å². The number of amides is 1. The van der Waals surface area contributed by atoms with E-state index in [1.165, 1.54) is 0 Å². The van der Waals surface area contributed by atoms with Crippen molar-refractivity contribution in [3.05, 3.63) is 28.8 Å². The van der Waals surface area contributed by atoms with Gasteiger partial charge in [-0.2, -0.15) is 0 Å². The van der Waals surface area contributed by atoms with E-state index in [1.54, 1.807) is 13.8 Å². The van der Waals surface area contributed by atoms with Crippen LogP contribution in [0.3, 0.4) is 0 Å². The maximum atomic E-state index is 12.4. The molecule has 0 aromatic heterocycles. The van der Waals surface area contributed by atoms with Crippen molar-refractivity contribution >= 4 is 28.3 Å². The second-order valence-corrected chi connectivity index (χ2v) is 8.22. The summed E-state index contributed by atoms with van der Waals surface area (Å²) in [5.41, 5.74) is 7.46. The Hall–Kier alpha value is -1.15. The summed E-state index contributed by atoms with van der Waals surface area (Å²) in [6.45, 7) is 9.44. The molecule has 0 saturated carbocycles. The van der Waals surface area contributed by atoms with Crippen LogP contribution in [0.4, 0.5) is 0 Å². The number of hydrogen-bond donors (Lipinski definition) is 3. The smallest absolute Gasteiger partial charge is 0.241 e. The monoisotopic (exact) mass is 377 g/mol. The van der Waals surface area contributed by atoms with Crippen LogP contribution in [0, 0.1) is 20.8 Å². The molecule has 0 aliphatic heterocycles. The number of sulfonamides is 1. The highest BCUT2D eigenvalue weighted by atomic mass is 35.5. The van der Waals surface area contributed by atoms with Crippen molar-refractivity contribution in [3.8, 4) is 0 Å². The van der Waals surface area contributed by atoms with Crippen LogP contribution < -0.4 is 15.8 Å². The number of nitrogens with one attached hydrogen (secondary N) is 2. The van der Waals surface area contributed by atoms with Crippen molar-refractivity contribution in [2.24, 2.45) is 5.73 Å². The van der Waals surface area contributed by atoms with Gasteiger partial charge in [-0.25, -0.2) is 13.1 Å². The Balaban J connectivity index is 0.00000529. The summed E-state index contributed by atoms with van der Waals surface area (Å²) in [4.78, 5) is 12.1. The van der Waals surface area contributed by atoms with Gasteiger partial charge in [0.1, 0.15) is 0 Å². The van der Waals surface area contributed by atoms with Gasteiger partial charge in [0.25, 0.3) is 0 Å². The molecule has 1 rings (SSSR count). The largest absolute Gasteiger partial charge is 0.350 e. The standard InChI is InChI=1S/C16H27N3O3S.ClH/c1-11-8-12(2)15(13(3)9-11)23(21,22)18-7-6-14(20)19-16(4,5)10-17;/h8-9,18H,6-7,10,17H2,1-5H3,(H,19,20);1H. The zero-order valence-corrected chi connectivity index (χ0v) is 16.5. The minimum Gasteiger partial charge on any atom is -0.350 e. The number of carbonyl (C=O) groups is 1. The average molecular weight is 378 g/mol. The van der Waals surface area contributed by atoms with Crippen LogP contribution in [0.15, 0.2) is 17.0 Å². The topological polar surface area (TPSA) is 101 Å². The average Bonchev–Trinajstić information content (AvgIpc) is 2.35. The third-order valence-electron chi connectivity index (χ3n) is 3.51. The fourth-order valence-electron chi connectivity index (χ4n) is 2.45. The lowest BCUT2D eigenvalue weighted by atomic mass is 10.1. The fraction of sp³-hybridized carbons (Fsp3) is 0.562. The van der Waals surface area contributed by atoms with Gasteiger partial charge in [-0.1, -0.05) is 17.7 Å². The molecule has 1 amide bonds. The Morgan fingerprint density at radius 2 is 1.67 bits per heavy atom. The first-order valence-electron chi connectivity index (χ1n) is 7.57. The zero-order valence-electron chi connectivity index (χ0n) is 14.9. The van der Waals surface area contributed by atoms with Crippen molar-refractivity contribution < 1.29 is 13.2 Å². The Labute approximate surface area is 151 Å². The van der Waals surface area contributed by atoms with Gasteiger partial charge in [0.2, 0.25) is 15.9 Å². The molecule has 0 saturated heterocycles. The highest BCUT2D eigenvalue weighted by Crippen LogP contribution is 2.21. The number of rotatable bonds is 7. The van der Waals surface area contributed by atoms with Crippen molar-refractivity contribution in [3.63, 3.8) is 0 Å². The molecule has 0 fully saturated rings. The Morgan fingerprint density at radius 1 is 1.17 bits per heavy atom. The lowest BCUT2D eigenvalue weighted by Gasteiger charge is -2.24. The molecular formula is C16H28ClN3O3S. The van der Waals surface area contributed by atoms with Crippen molar-refractivity contribution in [1.29, 1.82) is 0 Å². The van der Waals surface area contributed by atoms with E-state index < -0.39 is 15.6 Å². The quantitative estimate of drug-likeness (QED) is 0.671. The van der Waals surface area contributed by atoms with Crippen LogP contribution in [0.5, 0.6) is 0 Å². The molecule has 0 atom stereocenters. The lowest BCUT2D eigenvalue weighted by Crippen LogP contribution is -2.49. The van der Waals surface area contributed by atoms with Crippen LogP contribution >= 0.6 is 12.4 Å². The van der Waals surface area contributed by atoms with Gasteiger partial charge in [0.15, 0.2) is 0 Å². The first-order valence-corrected chi connectivity index (χ1v) is 9.05. The summed E-state index contributed by atoms with van der Waals surface area (Å²) in [6.07, 6.45) is 0.0621. The maximum absolute atomic E-state index is 12.4. The molecule has 1 aromatic carbocycles. The van der Waals surface area contributed by atoms with Crippen LogP contribution in [0.2, 0.25) is 0 Å². The highest BCUT2D eigenvalue weighted by molar-refractivity contribution is 7.89. The van der Waals surface area contributed by atoms with E-state index in [9.17, 15) is 13.2 Å². The minimum absolute atomic E-state index is 0. The summed E-state index contributed by atoms with van der Waals surface area (Å²) in [5, 5.41) is 2.76. The Morgan fingerprint density at radius 3 is 2.12 bits per heavy atom. The van der Waals surface area contributed by atoms with E-state index in [-0.39, 0.29) is 36.2 Å². The minimum atomic E-state index is -3.64. The molecule has 0 spiro atoms. The van der Waals surface area contributed by atoms with Crippen molar-refractivity contribution in [2.75, 3.05) is 13.1 Å². The van der Waals surface area contributed by atoms with Gasteiger partial charge in [0.05, 0.1) is 4.90 Å². The summed E-state index contributed by atoms with van der Waals surface area (Å²) in [5.74, 6) is -0.236. The van der Waals surface area contributed by atoms with Gasteiger partial charge in [-0.15, -0.1) is 12.4 Å². The van der Waals surface area contributed by atoms with Crippen molar-refractivity contribution in [1.82, 2.24) is 10.0 Å². The maximum Gasteiger partial charge on any atom is 0.241 e. The second kappa shape index (κ2) is 8.80. The van der Waals surface area contributed by atoms with Gasteiger partial charge in [-0.3, -0.25) is 4.79 Å². The van der Waals surface area contributed by atoms with Crippen molar-refractivity contribution in [2.45, 2.75) is 51.5 Å². The molecule has 4 N–H and O–H groups in total. The molecule has 138 valence electrons. The summed E-state index contributed by atoms with van der Waals surface area (Å²) < 4.78 is 27.4. The normalized spacial score (nSPS) is 11.8. The van der Waals surface area contributed by atoms with E-state index in [4.69, 9.17) is 5.73 Å². The molecule has 8 heteroatoms. The third kappa shape index (κ3) is 6.39. The number of aryl methyl sites for hydroxylation is 3. The number of hydrogen-bond acceptors (Lipinski definition) is 4. The first kappa shape index (κ1) is 22.9. The number of halogens is 1. The molecular weight excluding hydrogens is 350 g/mol. The Bertz CT molecular complexity index is 665. The van der Waals surface area contributed by atoms with Crippen LogP contribution in [0.1, 0.15) is 37.0 Å². The Kier molecular flexibility index (Phi) is 8.38. The van der Waals surface area contributed by atoms with Crippen LogP contribution in [-0.4, -0.2) is 33.0 Å². The van der Waals surface area contributed by atoms with E-state index in [0.29, 0.717) is 17.7 Å². The number of carbonyl (C=O) groups excluding carboxylic acids is 1. The predicted octanol–water partition coefficient (Wildman–Crippen LogP) is 1.56. The zero-order chi connectivity index (χ0) is 17.8. The molecule has 0 heterocycles. The van der Waals surface area contributed by atoms with Gasteiger partial charge in [-0.05, 0) is 45.7 Å². The molecule has 24 heavy (non-hydrogen) atoms. The van der Waals surface area contributed by atoms with Gasteiger partial charge < -0.3 is 11.1 Å². The molecule has 6 nitrogen and oxygen atoms in total. The fourth-order valence-corrected chi connectivity index (χ4v) is 3.93. The lowest BCUT2D eigenvalue weighted by molar-refractivity contribution is -0.122. The predicted molar refractivity (Wildman–Crippen MR) is 99.0 cm³/mol. The first-order chi connectivity index (χ1) is 10.5. The van der Waals surface area contributed by atoms with Gasteiger partial charge >= 0.3 is 0 Å². The summed E-state index contributed by atoms with van der Waals surface area (Å²) in [7, 11) is -3.64. The summed E-state index contributed by atoms with van der Waals surface area (Å²) in [6, 6.07) is 3.66. The van der Waals surface area contributed by atoms with Crippen LogP contribution in [0.25, 0.3) is 0 Å². The number of nitrogens with two attached hydrogens (primary N) is 1. The summed E-state index contributed by atoms with van der Waals surface area (Å²) >= 11 is 0. The number of benzene rings is 1. The third-order valence-corrected chi connectivity index (χ3v) is 5.27. The van der Waals surface area contributed by atoms with E-state index in [1.807, 2.05) is 32.9 Å². The highest BCUT2D eigenvalue weighted by Gasteiger charge is 2.21. The van der Waals surface area contributed by atoms with Gasteiger partial charge in [0, 0.05) is 25.0 Å². The van der Waals surface area contributed by atoms with E-state index in [0.717, 1.165) is 5.56 Å². The molecule has 0 aliphatic rings. The SMILES string of the molecule is Cc1cc(C)c(S(=O)(=O)NCCC(=O)NC(C)(C)CN)c(C)c1.Cl. The van der Waals surface area contributed by atoms with Crippen LogP contribution in [-0.2, 0) is 14.8 Å².